The minimum atomic E-state index is 0.257. The Balaban J connectivity index is 2.81. The summed E-state index contributed by atoms with van der Waals surface area (Å²) in [6, 6.07) is 2.20. The molecule has 0 saturated heterocycles. The molecule has 1 aromatic heterocycles. The molecule has 1 heterocycles. The lowest BCUT2D eigenvalue weighted by atomic mass is 9.82. The third kappa shape index (κ3) is 3.00. The summed E-state index contributed by atoms with van der Waals surface area (Å²) in [6.07, 6.45) is 0. The van der Waals surface area contributed by atoms with Crippen molar-refractivity contribution in [3.05, 3.63) is 11.3 Å². The smallest absolute Gasteiger partial charge is 0.142 e. The fourth-order valence-corrected chi connectivity index (χ4v) is 1.55. The van der Waals surface area contributed by atoms with E-state index in [2.05, 4.69) is 44.2 Å². The quantitative estimate of drug-likeness (QED) is 0.874. The van der Waals surface area contributed by atoms with Gasteiger partial charge >= 0.3 is 0 Å². The molecule has 1 N–H and O–H groups in total. The average Bonchev–Trinajstić information content (AvgIpc) is 2.47. The summed E-state index contributed by atoms with van der Waals surface area (Å²) >= 11 is 0. The fourth-order valence-electron chi connectivity index (χ4n) is 1.55. The Kier molecular flexibility index (Phi) is 3.82. The van der Waals surface area contributed by atoms with Gasteiger partial charge in [0.25, 0.3) is 0 Å². The first-order chi connectivity index (χ1) is 7.77. The van der Waals surface area contributed by atoms with Gasteiger partial charge in [-0.3, -0.25) is 4.68 Å². The Bertz CT molecular complexity index is 431. The van der Waals surface area contributed by atoms with Crippen molar-refractivity contribution in [2.75, 3.05) is 11.9 Å². The van der Waals surface area contributed by atoms with E-state index in [1.807, 2.05) is 14.0 Å². The molecule has 1 rings (SSSR count). The second kappa shape index (κ2) is 4.79. The maximum absolute atomic E-state index is 9.09. The normalized spacial score (nSPS) is 13.2. The Labute approximate surface area is 104 Å². The van der Waals surface area contributed by atoms with E-state index in [0.29, 0.717) is 11.5 Å². The van der Waals surface area contributed by atoms with Crippen LogP contribution >= 0.6 is 0 Å². The van der Waals surface area contributed by atoms with Gasteiger partial charge in [-0.15, -0.1) is 0 Å². The van der Waals surface area contributed by atoms with Gasteiger partial charge in [-0.2, -0.15) is 10.4 Å². The van der Waals surface area contributed by atoms with Crippen LogP contribution in [0.2, 0.25) is 0 Å². The van der Waals surface area contributed by atoms with E-state index in [1.54, 1.807) is 4.68 Å². The molecular formula is C13H22N4. The average molecular weight is 234 g/mol. The first kappa shape index (κ1) is 13.6. The maximum Gasteiger partial charge on any atom is 0.142 e. The minimum absolute atomic E-state index is 0.257. The zero-order valence-electron chi connectivity index (χ0n) is 11.6. The lowest BCUT2D eigenvalue weighted by molar-refractivity contribution is 0.274. The molecule has 94 valence electrons. The number of hydrogen-bond acceptors (Lipinski definition) is 3. The van der Waals surface area contributed by atoms with E-state index in [0.717, 1.165) is 18.1 Å². The summed E-state index contributed by atoms with van der Waals surface area (Å²) in [5, 5.41) is 16.7. The summed E-state index contributed by atoms with van der Waals surface area (Å²) in [5.74, 6) is 1.34. The summed E-state index contributed by atoms with van der Waals surface area (Å²) < 4.78 is 1.74. The molecule has 0 saturated carbocycles. The highest BCUT2D eigenvalue weighted by Gasteiger charge is 2.21. The van der Waals surface area contributed by atoms with Gasteiger partial charge in [0.2, 0.25) is 0 Å². The van der Waals surface area contributed by atoms with Crippen molar-refractivity contribution >= 4 is 5.82 Å². The van der Waals surface area contributed by atoms with Crippen molar-refractivity contribution in [2.24, 2.45) is 18.4 Å². The zero-order valence-corrected chi connectivity index (χ0v) is 11.6. The molecule has 0 aliphatic carbocycles. The monoisotopic (exact) mass is 234 g/mol. The van der Waals surface area contributed by atoms with Crippen molar-refractivity contribution in [3.8, 4) is 6.07 Å². The van der Waals surface area contributed by atoms with Gasteiger partial charge < -0.3 is 5.32 Å². The molecule has 1 unspecified atom stereocenters. The Hall–Kier alpha value is -1.50. The number of nitrogens with zero attached hydrogens (tertiary/aromatic N) is 3. The number of nitrogens with one attached hydrogen (secondary N) is 1. The first-order valence-electron chi connectivity index (χ1n) is 5.95. The molecule has 17 heavy (non-hydrogen) atoms. The number of aryl methyl sites for hydroxylation is 2. The van der Waals surface area contributed by atoms with E-state index >= 15 is 0 Å². The van der Waals surface area contributed by atoms with Crippen LogP contribution in [0.1, 0.15) is 39.0 Å². The number of rotatable bonds is 3. The van der Waals surface area contributed by atoms with E-state index in [-0.39, 0.29) is 5.41 Å². The summed E-state index contributed by atoms with van der Waals surface area (Å²) in [7, 11) is 1.86. The van der Waals surface area contributed by atoms with Crippen LogP contribution in [0.4, 0.5) is 5.82 Å². The summed E-state index contributed by atoms with van der Waals surface area (Å²) in [4.78, 5) is 0. The molecule has 0 fully saturated rings. The third-order valence-corrected chi connectivity index (χ3v) is 3.39. The minimum Gasteiger partial charge on any atom is -0.369 e. The Morgan fingerprint density at radius 3 is 2.53 bits per heavy atom. The van der Waals surface area contributed by atoms with Crippen molar-refractivity contribution in [3.63, 3.8) is 0 Å². The molecule has 0 radical (unpaired) electrons. The second-order valence-electron chi connectivity index (χ2n) is 5.69. The molecule has 4 heteroatoms. The fraction of sp³-hybridized carbons (Fsp3) is 0.692. The molecule has 1 aromatic rings. The number of nitriles is 1. The Morgan fingerprint density at radius 2 is 2.06 bits per heavy atom. The van der Waals surface area contributed by atoms with Crippen LogP contribution in [0.25, 0.3) is 0 Å². The standard InChI is InChI=1S/C13H22N4/c1-9(13(3,4)5)8-15-12-11(7-14)10(2)16-17(12)6/h9,15H,8H2,1-6H3. The van der Waals surface area contributed by atoms with Crippen LogP contribution in [0.3, 0.4) is 0 Å². The molecule has 0 aromatic carbocycles. The highest BCUT2D eigenvalue weighted by molar-refractivity contribution is 5.54. The first-order valence-corrected chi connectivity index (χ1v) is 5.95. The van der Waals surface area contributed by atoms with Gasteiger partial charge in [-0.05, 0) is 18.3 Å². The van der Waals surface area contributed by atoms with Crippen LogP contribution in [0.5, 0.6) is 0 Å². The van der Waals surface area contributed by atoms with Gasteiger partial charge in [0, 0.05) is 13.6 Å². The van der Waals surface area contributed by atoms with Gasteiger partial charge in [-0.25, -0.2) is 0 Å². The summed E-state index contributed by atoms with van der Waals surface area (Å²) in [6.45, 7) is 11.6. The van der Waals surface area contributed by atoms with Gasteiger partial charge in [0.05, 0.1) is 5.69 Å². The van der Waals surface area contributed by atoms with Gasteiger partial charge in [0.15, 0.2) is 0 Å². The molecule has 0 bridgehead atoms. The largest absolute Gasteiger partial charge is 0.369 e. The number of hydrogen-bond donors (Lipinski definition) is 1. The summed E-state index contributed by atoms with van der Waals surface area (Å²) in [5.41, 5.74) is 1.68. The molecule has 0 amide bonds. The Morgan fingerprint density at radius 1 is 1.47 bits per heavy atom. The predicted molar refractivity (Wildman–Crippen MR) is 69.8 cm³/mol. The zero-order chi connectivity index (χ0) is 13.2. The molecule has 4 nitrogen and oxygen atoms in total. The SMILES string of the molecule is Cc1nn(C)c(NCC(C)C(C)(C)C)c1C#N. The molecule has 0 spiro atoms. The van der Waals surface area contributed by atoms with Crippen LogP contribution in [-0.2, 0) is 7.05 Å². The van der Waals surface area contributed by atoms with E-state index in [9.17, 15) is 0 Å². The van der Waals surface area contributed by atoms with Crippen molar-refractivity contribution in [2.45, 2.75) is 34.6 Å². The van der Waals surface area contributed by atoms with Crippen LogP contribution < -0.4 is 5.32 Å². The van der Waals surface area contributed by atoms with E-state index < -0.39 is 0 Å². The van der Waals surface area contributed by atoms with Crippen molar-refractivity contribution in [1.29, 1.82) is 5.26 Å². The molecular weight excluding hydrogens is 212 g/mol. The lowest BCUT2D eigenvalue weighted by Crippen LogP contribution is -2.25. The highest BCUT2D eigenvalue weighted by atomic mass is 15.3. The molecule has 1 atom stereocenters. The molecule has 0 aliphatic heterocycles. The van der Waals surface area contributed by atoms with Crippen LogP contribution in [-0.4, -0.2) is 16.3 Å². The van der Waals surface area contributed by atoms with Crippen LogP contribution in [0.15, 0.2) is 0 Å². The second-order valence-corrected chi connectivity index (χ2v) is 5.69. The van der Waals surface area contributed by atoms with Gasteiger partial charge in [0.1, 0.15) is 17.5 Å². The van der Waals surface area contributed by atoms with Crippen molar-refractivity contribution in [1.82, 2.24) is 9.78 Å². The van der Waals surface area contributed by atoms with E-state index in [4.69, 9.17) is 5.26 Å². The number of aromatic nitrogens is 2. The molecule has 0 aliphatic rings. The maximum atomic E-state index is 9.09. The van der Waals surface area contributed by atoms with Crippen LogP contribution in [0, 0.1) is 29.6 Å². The van der Waals surface area contributed by atoms with Gasteiger partial charge in [-0.1, -0.05) is 27.7 Å². The lowest BCUT2D eigenvalue weighted by Gasteiger charge is -2.27. The highest BCUT2D eigenvalue weighted by Crippen LogP contribution is 2.26. The topological polar surface area (TPSA) is 53.6 Å². The van der Waals surface area contributed by atoms with Crippen molar-refractivity contribution < 1.29 is 0 Å². The van der Waals surface area contributed by atoms with E-state index in [1.165, 1.54) is 0 Å². The number of anilines is 1. The third-order valence-electron chi connectivity index (χ3n) is 3.39. The predicted octanol–water partition coefficient (Wildman–Crippen LogP) is 2.69.